The van der Waals surface area contributed by atoms with E-state index in [2.05, 4.69) is 47.2 Å². The zero-order chi connectivity index (χ0) is 57.8. The van der Waals surface area contributed by atoms with Gasteiger partial charge in [-0.05, 0) is 74.5 Å². The summed E-state index contributed by atoms with van der Waals surface area (Å²) in [6.45, 7) is 11.4. The van der Waals surface area contributed by atoms with E-state index in [4.69, 9.17) is 11.5 Å². The topological polar surface area (TPSA) is 437 Å². The van der Waals surface area contributed by atoms with E-state index in [9.17, 15) is 73.2 Å². The number of aliphatic hydroxyl groups is 1. The van der Waals surface area contributed by atoms with Crippen LogP contribution in [0.1, 0.15) is 105 Å². The van der Waals surface area contributed by atoms with E-state index in [-0.39, 0.29) is 43.9 Å². The maximum Gasteiger partial charge on any atom is 0.326 e. The number of primary amides is 1. The monoisotopic (exact) mass is 1080 g/mol. The molecule has 1 saturated heterocycles. The van der Waals surface area contributed by atoms with Gasteiger partial charge in [-0.1, -0.05) is 53.7 Å². The first kappa shape index (κ1) is 63.6. The predicted molar refractivity (Wildman–Crippen MR) is 274 cm³/mol. The van der Waals surface area contributed by atoms with Crippen LogP contribution in [0.4, 0.5) is 0 Å². The number of aliphatic carboxylic acids is 2. The lowest BCUT2D eigenvalue weighted by Gasteiger charge is -2.32. The van der Waals surface area contributed by atoms with Crippen molar-refractivity contribution >= 4 is 65.1 Å². The Labute approximate surface area is 445 Å². The molecule has 1 aliphatic heterocycles. The van der Waals surface area contributed by atoms with Crippen LogP contribution in [0, 0.1) is 17.8 Å². The van der Waals surface area contributed by atoms with Crippen molar-refractivity contribution in [3.05, 3.63) is 48.0 Å². The van der Waals surface area contributed by atoms with E-state index in [1.165, 1.54) is 48.6 Å². The fourth-order valence-corrected chi connectivity index (χ4v) is 8.29. The van der Waals surface area contributed by atoms with Crippen LogP contribution in [0.2, 0.25) is 0 Å². The molecule has 0 radical (unpaired) electrons. The highest BCUT2D eigenvalue weighted by molar-refractivity contribution is 5.98. The molecule has 10 atom stereocenters. The minimum absolute atomic E-state index is 0.0529. The molecule has 1 aromatic heterocycles. The van der Waals surface area contributed by atoms with E-state index in [1.54, 1.807) is 27.7 Å². The van der Waals surface area contributed by atoms with Crippen LogP contribution < -0.4 is 48.7 Å². The summed E-state index contributed by atoms with van der Waals surface area (Å²) in [5, 5.41) is 56.8. The molecule has 0 bridgehead atoms. The van der Waals surface area contributed by atoms with E-state index >= 15 is 0 Å². The number of H-pyrrole nitrogens is 1. The van der Waals surface area contributed by atoms with Gasteiger partial charge in [0.05, 0.1) is 12.4 Å². The zero-order valence-electron chi connectivity index (χ0n) is 44.4. The molecular weight excluding hydrogens is 1010 g/mol. The van der Waals surface area contributed by atoms with Crippen molar-refractivity contribution < 1.29 is 73.2 Å². The number of aromatic amines is 1. The maximum atomic E-state index is 14.3. The Morgan fingerprint density at radius 3 is 1.70 bits per heavy atom. The van der Waals surface area contributed by atoms with Gasteiger partial charge in [0, 0.05) is 44.1 Å². The molecule has 1 aliphatic rings. The molecule has 0 saturated carbocycles. The van der Waals surface area contributed by atoms with Gasteiger partial charge in [-0.15, -0.1) is 0 Å². The summed E-state index contributed by atoms with van der Waals surface area (Å²) in [6, 6.07) is -7.06. The van der Waals surface area contributed by atoms with E-state index in [0.29, 0.717) is 17.7 Å². The quantitative estimate of drug-likeness (QED) is 0.0373. The Bertz CT molecular complexity index is 2380. The lowest BCUT2D eigenvalue weighted by molar-refractivity contribution is -0.143. The molecule has 1 aromatic carbocycles. The van der Waals surface area contributed by atoms with Crippen molar-refractivity contribution in [2.45, 2.75) is 167 Å². The van der Waals surface area contributed by atoms with E-state index in [0.717, 1.165) is 0 Å². The van der Waals surface area contributed by atoms with Gasteiger partial charge in [0.15, 0.2) is 0 Å². The van der Waals surface area contributed by atoms with Crippen LogP contribution in [0.25, 0.3) is 0 Å². The first-order valence-corrected chi connectivity index (χ1v) is 25.4. The van der Waals surface area contributed by atoms with Gasteiger partial charge in [-0.3, -0.25) is 47.9 Å². The van der Waals surface area contributed by atoms with E-state index < -0.39 is 163 Å². The van der Waals surface area contributed by atoms with Gasteiger partial charge >= 0.3 is 11.9 Å². The summed E-state index contributed by atoms with van der Waals surface area (Å²) in [4.78, 5) is 155. The maximum absolute atomic E-state index is 14.3. The lowest BCUT2D eigenvalue weighted by Crippen LogP contribution is -2.61. The number of carboxylic acid groups (broad SMARTS) is 2. The summed E-state index contributed by atoms with van der Waals surface area (Å²) >= 11 is 0. The van der Waals surface area contributed by atoms with Crippen LogP contribution in [-0.2, 0) is 65.6 Å². The van der Waals surface area contributed by atoms with Gasteiger partial charge in [-0.2, -0.15) is 0 Å². The summed E-state index contributed by atoms with van der Waals surface area (Å²) in [7, 11) is 0. The van der Waals surface area contributed by atoms with Crippen LogP contribution >= 0.6 is 0 Å². The van der Waals surface area contributed by atoms with Gasteiger partial charge in [0.25, 0.3) is 0 Å². The number of carbonyl (C=O) groups excluding carboxylic acids is 9. The number of imidazole rings is 1. The molecule has 9 amide bonds. The number of hydrogen-bond acceptors (Lipinski definition) is 15. The molecule has 2 heterocycles. The molecule has 0 aliphatic carbocycles. The number of hydrogen-bond donors (Lipinski definition) is 14. The number of carboxylic acids is 2. The van der Waals surface area contributed by atoms with Crippen molar-refractivity contribution in [3.63, 3.8) is 0 Å². The van der Waals surface area contributed by atoms with Crippen molar-refractivity contribution in [2.75, 3.05) is 6.54 Å². The summed E-state index contributed by atoms with van der Waals surface area (Å²) in [5.41, 5.74) is 12.0. The van der Waals surface area contributed by atoms with Gasteiger partial charge in [0.2, 0.25) is 53.2 Å². The number of phenolic OH excluding ortho intramolecular Hbond substituents is 1. The lowest BCUT2D eigenvalue weighted by atomic mass is 9.98. The van der Waals surface area contributed by atoms with Crippen molar-refractivity contribution in [1.29, 1.82) is 0 Å². The molecule has 77 heavy (non-hydrogen) atoms. The third kappa shape index (κ3) is 20.4. The predicted octanol–water partition coefficient (Wildman–Crippen LogP) is -2.43. The number of nitrogens with zero attached hydrogens (tertiary/aromatic N) is 2. The fourth-order valence-electron chi connectivity index (χ4n) is 8.29. The number of amides is 9. The van der Waals surface area contributed by atoms with Gasteiger partial charge < -0.3 is 79.0 Å². The van der Waals surface area contributed by atoms with Crippen LogP contribution in [0.3, 0.4) is 0 Å². The third-order valence-electron chi connectivity index (χ3n) is 12.7. The number of rotatable bonds is 31. The smallest absolute Gasteiger partial charge is 0.326 e. The minimum atomic E-state index is -1.73. The number of aromatic hydroxyl groups is 1. The number of likely N-dealkylation sites (tertiary alicyclic amines) is 1. The Kier molecular flexibility index (Phi) is 24.9. The van der Waals surface area contributed by atoms with Gasteiger partial charge in [-0.25, -0.2) is 9.78 Å². The Hall–Kier alpha value is -7.68. The van der Waals surface area contributed by atoms with E-state index in [1.807, 2.05) is 13.8 Å². The first-order chi connectivity index (χ1) is 36.1. The molecule has 27 heteroatoms. The summed E-state index contributed by atoms with van der Waals surface area (Å²) in [6.07, 6.45) is -0.724. The number of nitrogens with two attached hydrogens (primary N) is 2. The number of benzene rings is 1. The Morgan fingerprint density at radius 1 is 0.675 bits per heavy atom. The average molecular weight is 1090 g/mol. The summed E-state index contributed by atoms with van der Waals surface area (Å²) < 4.78 is 0. The molecule has 1 fully saturated rings. The Balaban J connectivity index is 1.91. The largest absolute Gasteiger partial charge is 0.508 e. The van der Waals surface area contributed by atoms with Crippen LogP contribution in [0.5, 0.6) is 5.75 Å². The van der Waals surface area contributed by atoms with Crippen LogP contribution in [0.15, 0.2) is 36.8 Å². The molecule has 0 unspecified atom stereocenters. The molecule has 426 valence electrons. The molecular formula is C50H76N12O15. The normalized spacial score (nSPS) is 16.8. The highest BCUT2D eigenvalue weighted by atomic mass is 16.4. The van der Waals surface area contributed by atoms with Crippen molar-refractivity contribution in [1.82, 2.24) is 52.1 Å². The minimum Gasteiger partial charge on any atom is -0.508 e. The third-order valence-corrected chi connectivity index (χ3v) is 12.7. The molecule has 16 N–H and O–H groups in total. The molecule has 0 spiro atoms. The second kappa shape index (κ2) is 30.2. The standard InChI is InChI=1S/C50H76N12O15/c1-24(2)19-33(59-48(74)39(52)27(7)63)45(71)60-40(25(3)4)49(75)62-18-8-9-36(62)47(73)56-31(14-16-37(51)65)42(68)55-32(15-17-38(66)67)43(69)58-35(21-29-22-53-23-54-29)44(70)57-34(20-28-10-12-30(64)13-11-28)46(72)61-41(26(5)6)50(76)77/h10-13,22-27,31-36,39-41,63-64H,8-9,14-21,52H2,1-7H3,(H2,51,65)(H,53,54)(H,55,68)(H,56,73)(H,57,70)(H,58,69)(H,59,74)(H,60,71)(H,61,72)(H,66,67)(H,76,77)/t27-,31+,32+,33+,34+,35+,36+,39+,40+,41+/m1/s1. The average Bonchev–Trinajstić information content (AvgIpc) is 4.07. The zero-order valence-corrected chi connectivity index (χ0v) is 44.4. The number of phenols is 1. The highest BCUT2D eigenvalue weighted by Gasteiger charge is 2.41. The second-order valence-corrected chi connectivity index (χ2v) is 20.3. The first-order valence-electron chi connectivity index (χ1n) is 25.4. The second-order valence-electron chi connectivity index (χ2n) is 20.3. The summed E-state index contributed by atoms with van der Waals surface area (Å²) in [5.74, 6) is -12.0. The van der Waals surface area contributed by atoms with Gasteiger partial charge in [0.1, 0.15) is 60.1 Å². The number of nitrogens with one attached hydrogen (secondary N) is 8. The molecule has 3 rings (SSSR count). The molecule has 27 nitrogen and oxygen atoms in total. The van der Waals surface area contributed by atoms with Crippen molar-refractivity contribution in [2.24, 2.45) is 29.2 Å². The fraction of sp³-hybridized carbons (Fsp3) is 0.600. The Morgan fingerprint density at radius 2 is 1.18 bits per heavy atom. The number of carbonyl (C=O) groups is 11. The SMILES string of the molecule is CC(C)C[C@H](NC(=O)[C@@H](N)[C@@H](C)O)C(=O)N[C@H](C(=O)N1CCC[C@H]1C(=O)N[C@@H](CCC(N)=O)C(=O)N[C@@H](CCC(=O)O)C(=O)N[C@@H](Cc1cnc[nH]1)C(=O)N[C@@H](Cc1ccc(O)cc1)C(=O)N[C@H](C(=O)O)C(C)C)C(C)C. The molecule has 2 aromatic rings. The number of aliphatic hydroxyl groups excluding tert-OH is 1. The van der Waals surface area contributed by atoms with Crippen molar-refractivity contribution in [3.8, 4) is 5.75 Å². The number of aromatic nitrogens is 2. The highest BCUT2D eigenvalue weighted by Crippen LogP contribution is 2.22. The van der Waals surface area contributed by atoms with Crippen LogP contribution in [-0.4, -0.2) is 167 Å².